The Hall–Kier alpha value is -0.120. The normalized spacial score (nSPS) is 21.9. The van der Waals surface area contributed by atoms with E-state index < -0.39 is 0 Å². The van der Waals surface area contributed by atoms with Crippen LogP contribution in [0.5, 0.6) is 0 Å². The van der Waals surface area contributed by atoms with Crippen molar-refractivity contribution in [1.29, 1.82) is 0 Å². The lowest BCUT2D eigenvalue weighted by atomic mass is 9.87. The highest BCUT2D eigenvalue weighted by Crippen LogP contribution is 2.25. The van der Waals surface area contributed by atoms with E-state index in [9.17, 15) is 0 Å². The van der Waals surface area contributed by atoms with Crippen LogP contribution in [0.25, 0.3) is 0 Å². The van der Waals surface area contributed by atoms with Crippen LogP contribution in [0.1, 0.15) is 84.0 Å². The molecule has 1 aliphatic carbocycles. The van der Waals surface area contributed by atoms with E-state index in [0.29, 0.717) is 6.10 Å². The predicted molar refractivity (Wildman–Crippen MR) is 101 cm³/mol. The number of nitrogens with two attached hydrogens (primary N) is 1. The summed E-state index contributed by atoms with van der Waals surface area (Å²) in [5.74, 6) is 0.759. The van der Waals surface area contributed by atoms with Crippen LogP contribution >= 0.6 is 0 Å². The van der Waals surface area contributed by atoms with E-state index in [0.717, 1.165) is 19.1 Å². The molecule has 0 saturated heterocycles. The quantitative estimate of drug-likeness (QED) is 0.474. The molecule has 0 bridgehead atoms. The molecule has 0 atom stereocenters. The smallest absolute Gasteiger partial charge is 0.0575 e. The van der Waals surface area contributed by atoms with E-state index >= 15 is 0 Å². The van der Waals surface area contributed by atoms with Gasteiger partial charge in [-0.15, -0.1) is 0 Å². The van der Waals surface area contributed by atoms with Gasteiger partial charge in [-0.2, -0.15) is 0 Å². The first kappa shape index (κ1) is 20.9. The standard InChI is InChI=1S/C20H42N2O/c1-3-4-8-15-22(2)16-9-6-5-7-10-17-23-20-13-11-19(18-21)12-14-20/h19-20H,3-18,21H2,1-2H3/t19-,20-. The zero-order valence-corrected chi connectivity index (χ0v) is 15.9. The third kappa shape index (κ3) is 11.1. The average Bonchev–Trinajstić information content (AvgIpc) is 2.58. The van der Waals surface area contributed by atoms with Crippen LogP contribution < -0.4 is 5.73 Å². The molecular weight excluding hydrogens is 284 g/mol. The summed E-state index contributed by atoms with van der Waals surface area (Å²) in [6.07, 6.45) is 16.2. The van der Waals surface area contributed by atoms with E-state index in [1.807, 2.05) is 0 Å². The predicted octanol–water partition coefficient (Wildman–Crippen LogP) is 4.59. The second-order valence-electron chi connectivity index (χ2n) is 7.53. The fourth-order valence-electron chi connectivity index (χ4n) is 3.54. The lowest BCUT2D eigenvalue weighted by Gasteiger charge is -2.27. The summed E-state index contributed by atoms with van der Waals surface area (Å²) in [4.78, 5) is 2.50. The summed E-state index contributed by atoms with van der Waals surface area (Å²) in [5.41, 5.74) is 5.73. The fraction of sp³-hybridized carbons (Fsp3) is 1.00. The summed E-state index contributed by atoms with van der Waals surface area (Å²) >= 11 is 0. The van der Waals surface area contributed by atoms with Crippen LogP contribution in [0, 0.1) is 5.92 Å². The summed E-state index contributed by atoms with van der Waals surface area (Å²) in [7, 11) is 2.27. The van der Waals surface area contributed by atoms with Crippen molar-refractivity contribution in [2.45, 2.75) is 90.1 Å². The molecule has 1 rings (SSSR count). The van der Waals surface area contributed by atoms with E-state index in [4.69, 9.17) is 10.5 Å². The minimum Gasteiger partial charge on any atom is -0.378 e. The Morgan fingerprint density at radius 3 is 2.13 bits per heavy atom. The molecule has 0 aromatic carbocycles. The van der Waals surface area contributed by atoms with Gasteiger partial charge in [0, 0.05) is 6.61 Å². The van der Waals surface area contributed by atoms with Crippen molar-refractivity contribution in [2.24, 2.45) is 11.7 Å². The number of hydrogen-bond acceptors (Lipinski definition) is 3. The number of hydrogen-bond donors (Lipinski definition) is 1. The van der Waals surface area contributed by atoms with Crippen LogP contribution in [0.15, 0.2) is 0 Å². The molecule has 0 aliphatic heterocycles. The largest absolute Gasteiger partial charge is 0.378 e. The SMILES string of the molecule is CCCCCN(C)CCCCCCCO[C@H]1CC[C@H](CN)CC1. The Balaban J connectivity index is 1.81. The zero-order chi connectivity index (χ0) is 16.8. The van der Waals surface area contributed by atoms with Crippen molar-refractivity contribution in [1.82, 2.24) is 4.90 Å². The molecule has 0 aromatic heterocycles. The van der Waals surface area contributed by atoms with Crippen molar-refractivity contribution < 1.29 is 4.74 Å². The second-order valence-corrected chi connectivity index (χ2v) is 7.53. The maximum atomic E-state index is 6.03. The molecule has 138 valence electrons. The van der Waals surface area contributed by atoms with Gasteiger partial charge >= 0.3 is 0 Å². The molecule has 0 unspecified atom stereocenters. The number of ether oxygens (including phenoxy) is 1. The first-order valence-electron chi connectivity index (χ1n) is 10.3. The lowest BCUT2D eigenvalue weighted by molar-refractivity contribution is 0.0170. The number of nitrogens with zero attached hydrogens (tertiary/aromatic N) is 1. The van der Waals surface area contributed by atoms with E-state index in [1.165, 1.54) is 90.1 Å². The van der Waals surface area contributed by atoms with E-state index in [1.54, 1.807) is 0 Å². The van der Waals surface area contributed by atoms with Gasteiger partial charge in [0.2, 0.25) is 0 Å². The van der Waals surface area contributed by atoms with Gasteiger partial charge in [-0.3, -0.25) is 0 Å². The van der Waals surface area contributed by atoms with Crippen LogP contribution in [0.2, 0.25) is 0 Å². The van der Waals surface area contributed by atoms with Crippen LogP contribution in [0.4, 0.5) is 0 Å². The molecule has 1 saturated carbocycles. The second kappa shape index (κ2) is 14.2. The zero-order valence-electron chi connectivity index (χ0n) is 15.9. The molecular formula is C20H42N2O. The fourth-order valence-corrected chi connectivity index (χ4v) is 3.54. The van der Waals surface area contributed by atoms with E-state index in [2.05, 4.69) is 18.9 Å². The third-order valence-electron chi connectivity index (χ3n) is 5.31. The minimum atomic E-state index is 0.523. The van der Waals surface area contributed by atoms with Crippen molar-refractivity contribution in [3.8, 4) is 0 Å². The molecule has 3 heteroatoms. The minimum absolute atomic E-state index is 0.523. The average molecular weight is 327 g/mol. The van der Waals surface area contributed by atoms with Crippen molar-refractivity contribution in [3.05, 3.63) is 0 Å². The topological polar surface area (TPSA) is 38.5 Å². The first-order chi connectivity index (χ1) is 11.3. The van der Waals surface area contributed by atoms with Crippen molar-refractivity contribution >= 4 is 0 Å². The monoisotopic (exact) mass is 326 g/mol. The Morgan fingerprint density at radius 2 is 1.48 bits per heavy atom. The Kier molecular flexibility index (Phi) is 13.0. The van der Waals surface area contributed by atoms with Crippen LogP contribution in [-0.2, 0) is 4.74 Å². The van der Waals surface area contributed by atoms with Gasteiger partial charge in [-0.25, -0.2) is 0 Å². The molecule has 1 fully saturated rings. The third-order valence-corrected chi connectivity index (χ3v) is 5.31. The molecule has 0 aromatic rings. The summed E-state index contributed by atoms with van der Waals surface area (Å²) in [6.45, 7) is 6.64. The van der Waals surface area contributed by atoms with Crippen LogP contribution in [0.3, 0.4) is 0 Å². The van der Waals surface area contributed by atoms with Gasteiger partial charge < -0.3 is 15.4 Å². The molecule has 2 N–H and O–H groups in total. The maximum Gasteiger partial charge on any atom is 0.0575 e. The first-order valence-corrected chi connectivity index (χ1v) is 10.3. The van der Waals surface area contributed by atoms with Gasteiger partial charge in [-0.05, 0) is 77.5 Å². The highest BCUT2D eigenvalue weighted by Gasteiger charge is 2.20. The molecule has 3 nitrogen and oxygen atoms in total. The van der Waals surface area contributed by atoms with Gasteiger partial charge in [0.05, 0.1) is 6.10 Å². The highest BCUT2D eigenvalue weighted by molar-refractivity contribution is 4.73. The maximum absolute atomic E-state index is 6.03. The molecule has 23 heavy (non-hydrogen) atoms. The van der Waals surface area contributed by atoms with Crippen molar-refractivity contribution in [2.75, 3.05) is 33.3 Å². The molecule has 0 heterocycles. The van der Waals surface area contributed by atoms with Crippen LogP contribution in [-0.4, -0.2) is 44.3 Å². The molecule has 0 radical (unpaired) electrons. The van der Waals surface area contributed by atoms with E-state index in [-0.39, 0.29) is 0 Å². The lowest BCUT2D eigenvalue weighted by Crippen LogP contribution is -2.26. The summed E-state index contributed by atoms with van der Waals surface area (Å²) < 4.78 is 6.03. The van der Waals surface area contributed by atoms with Gasteiger partial charge in [0.15, 0.2) is 0 Å². The molecule has 0 spiro atoms. The number of unbranched alkanes of at least 4 members (excludes halogenated alkanes) is 6. The highest BCUT2D eigenvalue weighted by atomic mass is 16.5. The Bertz CT molecular complexity index is 252. The number of rotatable bonds is 14. The molecule has 1 aliphatic rings. The summed E-state index contributed by atoms with van der Waals surface area (Å²) in [5, 5.41) is 0. The van der Waals surface area contributed by atoms with Gasteiger partial charge in [0.1, 0.15) is 0 Å². The Morgan fingerprint density at radius 1 is 0.870 bits per heavy atom. The molecule has 0 amide bonds. The van der Waals surface area contributed by atoms with Crippen molar-refractivity contribution in [3.63, 3.8) is 0 Å². The summed E-state index contributed by atoms with van der Waals surface area (Å²) in [6, 6.07) is 0. The Labute approximate surface area is 145 Å². The van der Waals surface area contributed by atoms with Gasteiger partial charge in [0.25, 0.3) is 0 Å². The van der Waals surface area contributed by atoms with Gasteiger partial charge in [-0.1, -0.05) is 39.0 Å².